The first-order valence-corrected chi connectivity index (χ1v) is 10.6. The van der Waals surface area contributed by atoms with Gasteiger partial charge in [-0.25, -0.2) is 8.42 Å². The summed E-state index contributed by atoms with van der Waals surface area (Å²) in [6, 6.07) is 3.89. The van der Waals surface area contributed by atoms with Crippen LogP contribution in [0.4, 0.5) is 13.2 Å². The van der Waals surface area contributed by atoms with Gasteiger partial charge in [-0.3, -0.25) is 4.90 Å². The van der Waals surface area contributed by atoms with Crippen LogP contribution in [0.1, 0.15) is 25.3 Å². The zero-order chi connectivity index (χ0) is 20.2. The molecule has 1 fully saturated rings. The van der Waals surface area contributed by atoms with Gasteiger partial charge in [-0.2, -0.15) is 17.5 Å². The van der Waals surface area contributed by atoms with Crippen molar-refractivity contribution in [2.45, 2.75) is 36.9 Å². The van der Waals surface area contributed by atoms with Gasteiger partial charge in [-0.05, 0) is 64.3 Å². The molecule has 5 nitrogen and oxygen atoms in total. The average molecular weight is 408 g/mol. The van der Waals surface area contributed by atoms with Crippen molar-refractivity contribution >= 4 is 10.0 Å². The molecular weight excluding hydrogens is 379 g/mol. The molecule has 9 heteroatoms. The van der Waals surface area contributed by atoms with Crippen LogP contribution < -0.4 is 0 Å². The quantitative estimate of drug-likeness (QED) is 0.665. The van der Waals surface area contributed by atoms with E-state index in [4.69, 9.17) is 0 Å². The minimum Gasteiger partial charge on any atom is -0.308 e. The summed E-state index contributed by atoms with van der Waals surface area (Å²) < 4.78 is 65.9. The normalized spacial score (nSPS) is 19.3. The fraction of sp³-hybridized carbons (Fsp3) is 0.667. The summed E-state index contributed by atoms with van der Waals surface area (Å²) in [7, 11) is -0.150. The third-order valence-electron chi connectivity index (χ3n) is 4.94. The third kappa shape index (κ3) is 5.66. The van der Waals surface area contributed by atoms with E-state index in [0.717, 1.165) is 50.2 Å². The monoisotopic (exact) mass is 407 g/mol. The number of rotatable bonds is 8. The molecule has 0 N–H and O–H groups in total. The molecule has 0 aliphatic carbocycles. The summed E-state index contributed by atoms with van der Waals surface area (Å²) >= 11 is 0. The Balaban J connectivity index is 2.26. The van der Waals surface area contributed by atoms with Crippen molar-refractivity contribution in [1.29, 1.82) is 0 Å². The number of hydrogen-bond acceptors (Lipinski definition) is 4. The van der Waals surface area contributed by atoms with Gasteiger partial charge in [0.25, 0.3) is 0 Å². The topological polar surface area (TPSA) is 43.9 Å². The molecule has 0 amide bonds. The number of alkyl halides is 3. The van der Waals surface area contributed by atoms with E-state index in [-0.39, 0.29) is 10.9 Å². The first kappa shape index (κ1) is 22.1. The van der Waals surface area contributed by atoms with Gasteiger partial charge in [-0.1, -0.05) is 6.92 Å². The first-order valence-electron chi connectivity index (χ1n) is 9.12. The summed E-state index contributed by atoms with van der Waals surface area (Å²) in [5.41, 5.74) is -0.853. The molecule has 0 aromatic heterocycles. The number of halogens is 3. The summed E-state index contributed by atoms with van der Waals surface area (Å²) in [5, 5.41) is 0. The van der Waals surface area contributed by atoms with Crippen molar-refractivity contribution in [2.75, 3.05) is 46.8 Å². The number of sulfonamides is 1. The van der Waals surface area contributed by atoms with Crippen molar-refractivity contribution in [3.8, 4) is 0 Å². The van der Waals surface area contributed by atoms with Crippen molar-refractivity contribution < 1.29 is 21.6 Å². The SMILES string of the molecule is CCN1CCCC1CN(CCN(C)C)S(=O)(=O)c1ccc(C(F)(F)F)cc1. The maximum absolute atomic E-state index is 13.1. The predicted octanol–water partition coefficient (Wildman–Crippen LogP) is 2.74. The Labute approximate surface area is 159 Å². The smallest absolute Gasteiger partial charge is 0.308 e. The number of benzene rings is 1. The summed E-state index contributed by atoms with van der Waals surface area (Å²) in [6.07, 6.45) is -2.53. The van der Waals surface area contributed by atoms with Crippen molar-refractivity contribution in [3.05, 3.63) is 29.8 Å². The van der Waals surface area contributed by atoms with Crippen LogP contribution in [0.5, 0.6) is 0 Å². The average Bonchev–Trinajstić information content (AvgIpc) is 3.04. The van der Waals surface area contributed by atoms with Gasteiger partial charge in [0.05, 0.1) is 10.5 Å². The lowest BCUT2D eigenvalue weighted by Crippen LogP contribution is -2.45. The van der Waals surface area contributed by atoms with Crippen molar-refractivity contribution in [2.24, 2.45) is 0 Å². The van der Waals surface area contributed by atoms with Crippen LogP contribution in [-0.2, 0) is 16.2 Å². The van der Waals surface area contributed by atoms with Gasteiger partial charge in [-0.15, -0.1) is 0 Å². The standard InChI is InChI=1S/C18H28F3N3O2S/c1-4-23-11-5-6-16(23)14-24(13-12-22(2)3)27(25,26)17-9-7-15(8-10-17)18(19,20)21/h7-10,16H,4-6,11-14H2,1-3H3. The molecule has 1 atom stereocenters. The van der Waals surface area contributed by atoms with Crippen LogP contribution in [-0.4, -0.2) is 75.4 Å². The maximum atomic E-state index is 13.1. The number of hydrogen-bond donors (Lipinski definition) is 0. The lowest BCUT2D eigenvalue weighted by molar-refractivity contribution is -0.137. The van der Waals surface area contributed by atoms with Crippen LogP contribution in [0, 0.1) is 0 Å². The van der Waals surface area contributed by atoms with E-state index in [2.05, 4.69) is 4.90 Å². The highest BCUT2D eigenvalue weighted by molar-refractivity contribution is 7.89. The summed E-state index contributed by atoms with van der Waals surface area (Å²) in [5.74, 6) is 0. The van der Waals surface area contributed by atoms with Crippen LogP contribution in [0.15, 0.2) is 29.2 Å². The second kappa shape index (κ2) is 8.89. The Morgan fingerprint density at radius 2 is 1.78 bits per heavy atom. The summed E-state index contributed by atoms with van der Waals surface area (Å²) in [4.78, 5) is 4.04. The second-order valence-electron chi connectivity index (χ2n) is 7.11. The van der Waals surface area contributed by atoms with E-state index < -0.39 is 21.8 Å². The van der Waals surface area contributed by atoms with E-state index in [1.807, 2.05) is 25.9 Å². The maximum Gasteiger partial charge on any atom is 0.416 e. The van der Waals surface area contributed by atoms with Crippen LogP contribution in [0.3, 0.4) is 0 Å². The van der Waals surface area contributed by atoms with Crippen LogP contribution in [0.25, 0.3) is 0 Å². The predicted molar refractivity (Wildman–Crippen MR) is 99.0 cm³/mol. The second-order valence-corrected chi connectivity index (χ2v) is 9.05. The molecule has 1 aromatic rings. The molecule has 27 heavy (non-hydrogen) atoms. The van der Waals surface area contributed by atoms with E-state index in [0.29, 0.717) is 19.6 Å². The fourth-order valence-corrected chi connectivity index (χ4v) is 4.81. The van der Waals surface area contributed by atoms with Gasteiger partial charge in [0.2, 0.25) is 10.0 Å². The van der Waals surface area contributed by atoms with Gasteiger partial charge in [0.1, 0.15) is 0 Å². The summed E-state index contributed by atoms with van der Waals surface area (Å²) in [6.45, 7) is 5.04. The van der Waals surface area contributed by atoms with E-state index >= 15 is 0 Å². The molecule has 1 saturated heterocycles. The highest BCUT2D eigenvalue weighted by Crippen LogP contribution is 2.30. The van der Waals surface area contributed by atoms with E-state index in [9.17, 15) is 21.6 Å². The Morgan fingerprint density at radius 3 is 2.30 bits per heavy atom. The molecule has 0 saturated carbocycles. The molecule has 0 bridgehead atoms. The van der Waals surface area contributed by atoms with Crippen LogP contribution in [0.2, 0.25) is 0 Å². The Morgan fingerprint density at radius 1 is 1.15 bits per heavy atom. The molecule has 1 aliphatic heterocycles. The molecular formula is C18H28F3N3O2S. The zero-order valence-corrected chi connectivity index (χ0v) is 16.9. The van der Waals surface area contributed by atoms with E-state index in [1.165, 1.54) is 4.31 Å². The number of likely N-dealkylation sites (tertiary alicyclic amines) is 1. The van der Waals surface area contributed by atoms with Gasteiger partial charge >= 0.3 is 6.18 Å². The Kier molecular flexibility index (Phi) is 7.29. The molecule has 154 valence electrons. The molecule has 1 heterocycles. The van der Waals surface area contributed by atoms with E-state index in [1.54, 1.807) is 0 Å². The van der Waals surface area contributed by atoms with Crippen LogP contribution >= 0.6 is 0 Å². The number of nitrogens with zero attached hydrogens (tertiary/aromatic N) is 3. The highest BCUT2D eigenvalue weighted by atomic mass is 32.2. The van der Waals surface area contributed by atoms with Crippen molar-refractivity contribution in [3.63, 3.8) is 0 Å². The molecule has 2 rings (SSSR count). The minimum atomic E-state index is -4.49. The lowest BCUT2D eigenvalue weighted by Gasteiger charge is -2.30. The largest absolute Gasteiger partial charge is 0.416 e. The first-order chi connectivity index (χ1) is 12.6. The van der Waals surface area contributed by atoms with Gasteiger partial charge in [0.15, 0.2) is 0 Å². The lowest BCUT2D eigenvalue weighted by atomic mass is 10.2. The fourth-order valence-electron chi connectivity index (χ4n) is 3.34. The Bertz CT molecular complexity index is 706. The molecule has 0 radical (unpaired) electrons. The van der Waals surface area contributed by atoms with Crippen molar-refractivity contribution in [1.82, 2.24) is 14.1 Å². The third-order valence-corrected chi connectivity index (χ3v) is 6.82. The van der Waals surface area contributed by atoms with Gasteiger partial charge < -0.3 is 4.90 Å². The zero-order valence-electron chi connectivity index (χ0n) is 16.0. The molecule has 1 unspecified atom stereocenters. The molecule has 1 aromatic carbocycles. The van der Waals surface area contributed by atoms with Gasteiger partial charge in [0, 0.05) is 25.7 Å². The highest BCUT2D eigenvalue weighted by Gasteiger charge is 2.33. The molecule has 0 spiro atoms. The molecule has 1 aliphatic rings. The number of likely N-dealkylation sites (N-methyl/N-ethyl adjacent to an activating group) is 2. The Hall–Kier alpha value is -1.16. The minimum absolute atomic E-state index is 0.102.